The van der Waals surface area contributed by atoms with Crippen molar-refractivity contribution in [3.05, 3.63) is 34.5 Å². The molecule has 2 rings (SSSR count). The van der Waals surface area contributed by atoms with Crippen molar-refractivity contribution in [1.29, 1.82) is 0 Å². The van der Waals surface area contributed by atoms with E-state index in [9.17, 15) is 15.0 Å². The van der Waals surface area contributed by atoms with Gasteiger partial charge >= 0.3 is 5.69 Å². The number of aromatic nitrogens is 3. The molecule has 0 radical (unpaired) electrons. The summed E-state index contributed by atoms with van der Waals surface area (Å²) >= 11 is 0. The fourth-order valence-electron chi connectivity index (χ4n) is 1.74. The number of anilines is 1. The number of rotatable bonds is 3. The lowest BCUT2D eigenvalue weighted by Gasteiger charge is -2.15. The Morgan fingerprint density at radius 3 is 2.67 bits per heavy atom. The van der Waals surface area contributed by atoms with Crippen LogP contribution in [-0.4, -0.2) is 31.3 Å². The average Bonchev–Trinajstić information content (AvgIpc) is 2.42. The molecule has 0 aliphatic carbocycles. The van der Waals surface area contributed by atoms with Crippen molar-refractivity contribution in [2.45, 2.75) is 6.92 Å². The highest BCUT2D eigenvalue weighted by atomic mass is 16.3. The van der Waals surface area contributed by atoms with Crippen molar-refractivity contribution < 1.29 is 10.2 Å². The molecule has 0 aliphatic rings. The highest BCUT2D eigenvalue weighted by molar-refractivity contribution is 5.47. The summed E-state index contributed by atoms with van der Waals surface area (Å²) in [7, 11) is 0. The van der Waals surface area contributed by atoms with Crippen LogP contribution in [0, 0.1) is 19.3 Å². The molecule has 0 saturated heterocycles. The second kappa shape index (κ2) is 5.52. The average molecular weight is 287 g/mol. The molecular weight excluding hydrogens is 274 g/mol. The number of hydrogen-bond donors (Lipinski definition) is 3. The number of hydrogen-bond acceptors (Lipinski definition) is 7. The molecule has 0 spiro atoms. The van der Waals surface area contributed by atoms with Crippen LogP contribution in [0.5, 0.6) is 11.5 Å². The van der Waals surface area contributed by atoms with Gasteiger partial charge in [-0.1, -0.05) is 5.92 Å². The normalized spacial score (nSPS) is 10.1. The van der Waals surface area contributed by atoms with Crippen LogP contribution in [0.25, 0.3) is 5.69 Å². The summed E-state index contributed by atoms with van der Waals surface area (Å²) in [6.45, 7) is 1.64. The van der Waals surface area contributed by atoms with Gasteiger partial charge in [-0.25, -0.2) is 15.2 Å². The van der Waals surface area contributed by atoms with E-state index in [1.807, 2.05) is 0 Å². The van der Waals surface area contributed by atoms with Crippen molar-refractivity contribution in [2.24, 2.45) is 5.84 Å². The Balaban J connectivity index is 2.54. The molecule has 8 nitrogen and oxygen atoms in total. The van der Waals surface area contributed by atoms with Gasteiger partial charge in [0.15, 0.2) is 11.5 Å². The number of aromatic hydroxyl groups is 2. The molecule has 1 heterocycles. The van der Waals surface area contributed by atoms with Crippen molar-refractivity contribution >= 4 is 5.95 Å². The molecule has 0 bridgehead atoms. The van der Waals surface area contributed by atoms with Crippen LogP contribution >= 0.6 is 0 Å². The van der Waals surface area contributed by atoms with Crippen LogP contribution in [-0.2, 0) is 0 Å². The van der Waals surface area contributed by atoms with E-state index in [4.69, 9.17) is 12.3 Å². The fourth-order valence-corrected chi connectivity index (χ4v) is 1.74. The lowest BCUT2D eigenvalue weighted by atomic mass is 10.2. The molecule has 4 N–H and O–H groups in total. The second-order valence-electron chi connectivity index (χ2n) is 4.19. The third-order valence-electron chi connectivity index (χ3n) is 2.71. The largest absolute Gasteiger partial charge is 0.504 e. The monoisotopic (exact) mass is 287 g/mol. The minimum atomic E-state index is -0.630. The predicted molar refractivity (Wildman–Crippen MR) is 76.1 cm³/mol. The van der Waals surface area contributed by atoms with Crippen LogP contribution in [0.4, 0.5) is 5.95 Å². The molecule has 0 amide bonds. The molecule has 1 aromatic carbocycles. The molecule has 0 fully saturated rings. The maximum absolute atomic E-state index is 12.1. The molecule has 108 valence electrons. The highest BCUT2D eigenvalue weighted by Crippen LogP contribution is 2.26. The summed E-state index contributed by atoms with van der Waals surface area (Å²) < 4.78 is 1.17. The Morgan fingerprint density at radius 2 is 2.10 bits per heavy atom. The minimum Gasteiger partial charge on any atom is -0.504 e. The Bertz CT molecular complexity index is 778. The summed E-state index contributed by atoms with van der Waals surface area (Å²) in [6.07, 6.45) is 5.13. The van der Waals surface area contributed by atoms with E-state index in [0.29, 0.717) is 11.5 Å². The van der Waals surface area contributed by atoms with E-state index in [1.54, 1.807) is 6.92 Å². The molecule has 21 heavy (non-hydrogen) atoms. The van der Waals surface area contributed by atoms with Crippen molar-refractivity contribution in [3.8, 4) is 29.5 Å². The van der Waals surface area contributed by atoms with Gasteiger partial charge in [-0.3, -0.25) is 5.01 Å². The van der Waals surface area contributed by atoms with Gasteiger partial charge in [0.1, 0.15) is 5.82 Å². The van der Waals surface area contributed by atoms with E-state index >= 15 is 0 Å². The van der Waals surface area contributed by atoms with E-state index in [0.717, 1.165) is 5.01 Å². The van der Waals surface area contributed by atoms with E-state index < -0.39 is 5.69 Å². The van der Waals surface area contributed by atoms with Crippen LogP contribution in [0.1, 0.15) is 5.82 Å². The predicted octanol–water partition coefficient (Wildman–Crippen LogP) is -0.340. The van der Waals surface area contributed by atoms with Crippen molar-refractivity contribution in [3.63, 3.8) is 0 Å². The zero-order valence-electron chi connectivity index (χ0n) is 11.2. The number of phenolic OH excluding ortho intramolecular Hbond substituents is 2. The van der Waals surface area contributed by atoms with E-state index in [2.05, 4.69) is 15.9 Å². The van der Waals surface area contributed by atoms with Gasteiger partial charge in [0, 0.05) is 6.07 Å². The standard InChI is InChI=1S/C13H13N5O3/c1-3-6-17(14)12-15-8(2)18(13(21)16-12)9-4-5-10(19)11(20)7-9/h1,4-5,7,19-20H,6,14H2,2H3. The van der Waals surface area contributed by atoms with Crippen molar-refractivity contribution in [2.75, 3.05) is 11.6 Å². The lowest BCUT2D eigenvalue weighted by molar-refractivity contribution is 0.403. The molecule has 0 saturated carbocycles. The highest BCUT2D eigenvalue weighted by Gasteiger charge is 2.13. The first-order chi connectivity index (χ1) is 9.93. The summed E-state index contributed by atoms with van der Waals surface area (Å²) in [5.74, 6) is 7.61. The van der Waals surface area contributed by atoms with Crippen LogP contribution in [0.15, 0.2) is 23.0 Å². The first kappa shape index (κ1) is 14.4. The van der Waals surface area contributed by atoms with Gasteiger partial charge < -0.3 is 10.2 Å². The quantitative estimate of drug-likeness (QED) is 0.306. The first-order valence-electron chi connectivity index (χ1n) is 5.89. The number of nitrogens with zero attached hydrogens (tertiary/aromatic N) is 4. The molecule has 8 heteroatoms. The third-order valence-corrected chi connectivity index (χ3v) is 2.71. The Labute approximate surface area is 120 Å². The SMILES string of the molecule is C#CCN(N)c1nc(C)n(-c2ccc(O)c(O)c2)c(=O)n1. The van der Waals surface area contributed by atoms with Gasteiger partial charge in [0.2, 0.25) is 5.95 Å². The number of hydrazine groups is 1. The first-order valence-corrected chi connectivity index (χ1v) is 5.89. The van der Waals surface area contributed by atoms with Gasteiger partial charge in [0.25, 0.3) is 0 Å². The molecule has 0 unspecified atom stereocenters. The topological polar surface area (TPSA) is 118 Å². The Morgan fingerprint density at radius 1 is 1.38 bits per heavy atom. The summed E-state index contributed by atoms with van der Waals surface area (Å²) in [5, 5.41) is 19.9. The zero-order valence-corrected chi connectivity index (χ0v) is 11.2. The maximum Gasteiger partial charge on any atom is 0.356 e. The molecule has 1 aromatic heterocycles. The maximum atomic E-state index is 12.1. The third kappa shape index (κ3) is 2.77. The summed E-state index contributed by atoms with van der Waals surface area (Å²) in [6, 6.07) is 3.95. The second-order valence-corrected chi connectivity index (χ2v) is 4.19. The van der Waals surface area contributed by atoms with E-state index in [1.165, 1.54) is 22.8 Å². The number of terminal acetylenes is 1. The van der Waals surface area contributed by atoms with Crippen LogP contribution in [0.2, 0.25) is 0 Å². The molecule has 0 aliphatic heterocycles. The molecule has 2 aromatic rings. The van der Waals surface area contributed by atoms with E-state index in [-0.39, 0.29) is 24.0 Å². The Kier molecular flexibility index (Phi) is 3.77. The van der Waals surface area contributed by atoms with Crippen LogP contribution < -0.4 is 16.5 Å². The minimum absolute atomic E-state index is 0.00898. The number of benzene rings is 1. The zero-order chi connectivity index (χ0) is 15.6. The van der Waals surface area contributed by atoms with Crippen LogP contribution in [0.3, 0.4) is 0 Å². The van der Waals surface area contributed by atoms with Gasteiger partial charge in [0.05, 0.1) is 12.2 Å². The smallest absolute Gasteiger partial charge is 0.356 e. The van der Waals surface area contributed by atoms with Gasteiger partial charge in [-0.2, -0.15) is 9.97 Å². The summed E-state index contributed by atoms with van der Waals surface area (Å²) in [4.78, 5) is 19.9. The number of nitrogens with two attached hydrogens (primary N) is 1. The van der Waals surface area contributed by atoms with Crippen molar-refractivity contribution in [1.82, 2.24) is 14.5 Å². The fraction of sp³-hybridized carbons (Fsp3) is 0.154. The van der Waals surface area contributed by atoms with Gasteiger partial charge in [-0.15, -0.1) is 6.42 Å². The number of phenols is 2. The number of aryl methyl sites for hydroxylation is 1. The molecule has 0 atom stereocenters. The summed E-state index contributed by atoms with van der Waals surface area (Å²) in [5.41, 5.74) is -0.310. The Hall–Kier alpha value is -3.05. The lowest BCUT2D eigenvalue weighted by Crippen LogP contribution is -2.36. The van der Waals surface area contributed by atoms with Gasteiger partial charge in [-0.05, 0) is 19.1 Å². The molecular formula is C13H13N5O3.